The second kappa shape index (κ2) is 7.38. The number of nitrogens with zero attached hydrogens (tertiary/aromatic N) is 2. The van der Waals surface area contributed by atoms with Gasteiger partial charge in [0.2, 0.25) is 0 Å². The van der Waals surface area contributed by atoms with Gasteiger partial charge in [-0.1, -0.05) is 23.2 Å². The largest absolute Gasteiger partial charge is 0.435 e. The van der Waals surface area contributed by atoms with Gasteiger partial charge < -0.3 is 4.74 Å². The molecule has 0 aliphatic rings. The molecule has 22 heavy (non-hydrogen) atoms. The van der Waals surface area contributed by atoms with Crippen LogP contribution in [0.15, 0.2) is 41.6 Å². The molecule has 1 aromatic heterocycles. The fraction of sp³-hybridized carbons (Fsp3) is 0.143. The van der Waals surface area contributed by atoms with Crippen LogP contribution in [0, 0.1) is 0 Å². The van der Waals surface area contributed by atoms with Crippen molar-refractivity contribution in [3.63, 3.8) is 0 Å². The molecule has 0 fully saturated rings. The Hall–Kier alpha value is -1.92. The van der Waals surface area contributed by atoms with Crippen LogP contribution in [0.5, 0.6) is 5.75 Å². The summed E-state index contributed by atoms with van der Waals surface area (Å²) in [6, 6.07) is 7.66. The number of hydrogen-bond donors (Lipinski definition) is 1. The third kappa shape index (κ3) is 4.54. The highest BCUT2D eigenvalue weighted by Crippen LogP contribution is 2.22. The molecule has 0 unspecified atom stereocenters. The number of halogens is 4. The zero-order valence-electron chi connectivity index (χ0n) is 11.4. The molecule has 0 bridgehead atoms. The lowest BCUT2D eigenvalue weighted by Crippen LogP contribution is -2.03. The van der Waals surface area contributed by atoms with Gasteiger partial charge in [-0.05, 0) is 42.8 Å². The van der Waals surface area contributed by atoms with E-state index in [1.807, 2.05) is 0 Å². The Labute approximate surface area is 135 Å². The number of aromatic nitrogens is 1. The summed E-state index contributed by atoms with van der Waals surface area (Å²) >= 11 is 11.7. The van der Waals surface area contributed by atoms with Crippen molar-refractivity contribution in [3.05, 3.63) is 52.1 Å². The molecule has 116 valence electrons. The molecular formula is C14H11Cl2F2N3O. The van der Waals surface area contributed by atoms with E-state index in [1.165, 1.54) is 18.3 Å². The maximum Gasteiger partial charge on any atom is 0.387 e. The minimum Gasteiger partial charge on any atom is -0.435 e. The summed E-state index contributed by atoms with van der Waals surface area (Å²) < 4.78 is 28.4. The molecule has 0 atom stereocenters. The molecule has 0 amide bonds. The average molecular weight is 346 g/mol. The number of benzene rings is 1. The zero-order valence-corrected chi connectivity index (χ0v) is 12.9. The van der Waals surface area contributed by atoms with Gasteiger partial charge in [0.1, 0.15) is 5.75 Å². The van der Waals surface area contributed by atoms with Gasteiger partial charge in [-0.15, -0.1) is 0 Å². The normalized spacial score (nSPS) is 11.6. The summed E-state index contributed by atoms with van der Waals surface area (Å²) in [6.07, 6.45) is 1.44. The first kappa shape index (κ1) is 16.5. The second-order valence-electron chi connectivity index (χ2n) is 4.20. The Morgan fingerprint density at radius 1 is 1.27 bits per heavy atom. The monoisotopic (exact) mass is 345 g/mol. The lowest BCUT2D eigenvalue weighted by atomic mass is 10.1. The van der Waals surface area contributed by atoms with E-state index in [0.29, 0.717) is 21.6 Å². The zero-order chi connectivity index (χ0) is 16.1. The van der Waals surface area contributed by atoms with Crippen LogP contribution in [0.2, 0.25) is 10.0 Å². The summed E-state index contributed by atoms with van der Waals surface area (Å²) in [5.41, 5.74) is 4.08. The standard InChI is InChI=1S/C14H11Cl2F2N3O/c1-8(9-2-4-11(5-3-9)22-14(17)18)20-21-13-12(16)6-10(15)7-19-13/h2-7,14H,1H3,(H,19,21)/b20-8-. The van der Waals surface area contributed by atoms with E-state index in [-0.39, 0.29) is 5.75 Å². The van der Waals surface area contributed by atoms with Crippen molar-refractivity contribution in [1.29, 1.82) is 0 Å². The predicted molar refractivity (Wildman–Crippen MR) is 83.2 cm³/mol. The van der Waals surface area contributed by atoms with Crippen LogP contribution in [-0.4, -0.2) is 17.3 Å². The molecule has 0 aliphatic heterocycles. The smallest absolute Gasteiger partial charge is 0.387 e. The summed E-state index contributed by atoms with van der Waals surface area (Å²) in [5, 5.41) is 4.89. The topological polar surface area (TPSA) is 46.5 Å². The van der Waals surface area contributed by atoms with Crippen molar-refractivity contribution in [1.82, 2.24) is 4.98 Å². The Bertz CT molecular complexity index is 678. The van der Waals surface area contributed by atoms with Crippen LogP contribution in [0.1, 0.15) is 12.5 Å². The predicted octanol–water partition coefficient (Wildman–Crippen LogP) is 4.83. The molecule has 0 saturated carbocycles. The first-order chi connectivity index (χ1) is 10.5. The summed E-state index contributed by atoms with van der Waals surface area (Å²) in [6.45, 7) is -1.10. The van der Waals surface area contributed by atoms with Gasteiger partial charge in [0.05, 0.1) is 15.8 Å². The van der Waals surface area contributed by atoms with Crippen molar-refractivity contribution < 1.29 is 13.5 Å². The molecule has 0 saturated heterocycles. The van der Waals surface area contributed by atoms with Crippen molar-refractivity contribution in [2.45, 2.75) is 13.5 Å². The van der Waals surface area contributed by atoms with E-state index in [2.05, 4.69) is 20.2 Å². The number of rotatable bonds is 5. The number of nitrogens with one attached hydrogen (secondary N) is 1. The Kier molecular flexibility index (Phi) is 5.51. The molecule has 8 heteroatoms. The molecule has 1 heterocycles. The van der Waals surface area contributed by atoms with Crippen molar-refractivity contribution >= 4 is 34.7 Å². The average Bonchev–Trinajstić information content (AvgIpc) is 2.46. The van der Waals surface area contributed by atoms with Crippen LogP contribution >= 0.6 is 23.2 Å². The molecule has 0 aliphatic carbocycles. The van der Waals surface area contributed by atoms with Crippen molar-refractivity contribution in [2.24, 2.45) is 5.10 Å². The van der Waals surface area contributed by atoms with Gasteiger partial charge in [0.25, 0.3) is 0 Å². The fourth-order valence-electron chi connectivity index (χ4n) is 1.58. The van der Waals surface area contributed by atoms with Gasteiger partial charge in [-0.25, -0.2) is 4.98 Å². The van der Waals surface area contributed by atoms with Crippen molar-refractivity contribution in [3.8, 4) is 5.75 Å². The van der Waals surface area contributed by atoms with Gasteiger partial charge >= 0.3 is 6.61 Å². The Morgan fingerprint density at radius 2 is 1.95 bits per heavy atom. The van der Waals surface area contributed by atoms with Crippen LogP contribution < -0.4 is 10.2 Å². The van der Waals surface area contributed by atoms with Crippen molar-refractivity contribution in [2.75, 3.05) is 5.43 Å². The lowest BCUT2D eigenvalue weighted by Gasteiger charge is -2.07. The summed E-state index contributed by atoms with van der Waals surface area (Å²) in [5.74, 6) is 0.449. The summed E-state index contributed by atoms with van der Waals surface area (Å²) in [4.78, 5) is 4.00. The van der Waals surface area contributed by atoms with Crippen LogP contribution in [-0.2, 0) is 0 Å². The van der Waals surface area contributed by atoms with E-state index in [0.717, 1.165) is 5.56 Å². The molecule has 1 N–H and O–H groups in total. The highest BCUT2D eigenvalue weighted by molar-refractivity contribution is 6.35. The third-order valence-corrected chi connectivity index (χ3v) is 3.13. The molecule has 2 rings (SSSR count). The molecule has 2 aromatic rings. The summed E-state index contributed by atoms with van der Waals surface area (Å²) in [7, 11) is 0. The number of hydrogen-bond acceptors (Lipinski definition) is 4. The number of alkyl halides is 2. The maximum atomic E-state index is 12.1. The quantitative estimate of drug-likeness (QED) is 0.623. The number of ether oxygens (including phenoxy) is 1. The van der Waals surface area contributed by atoms with E-state index in [1.54, 1.807) is 25.1 Å². The highest BCUT2D eigenvalue weighted by atomic mass is 35.5. The number of anilines is 1. The van der Waals surface area contributed by atoms with Gasteiger partial charge in [-0.3, -0.25) is 5.43 Å². The molecular weight excluding hydrogens is 335 g/mol. The molecule has 1 aromatic carbocycles. The highest BCUT2D eigenvalue weighted by Gasteiger charge is 2.05. The van der Waals surface area contributed by atoms with Gasteiger partial charge in [0.15, 0.2) is 5.82 Å². The molecule has 0 spiro atoms. The number of pyridine rings is 1. The minimum atomic E-state index is -2.85. The third-order valence-electron chi connectivity index (χ3n) is 2.63. The van der Waals surface area contributed by atoms with E-state index in [9.17, 15) is 8.78 Å². The van der Waals surface area contributed by atoms with Gasteiger partial charge in [-0.2, -0.15) is 13.9 Å². The Balaban J connectivity index is 2.08. The van der Waals surface area contributed by atoms with E-state index < -0.39 is 6.61 Å². The van der Waals surface area contributed by atoms with Crippen LogP contribution in [0.4, 0.5) is 14.6 Å². The first-order valence-corrected chi connectivity index (χ1v) is 6.88. The molecule has 4 nitrogen and oxygen atoms in total. The molecule has 0 radical (unpaired) electrons. The lowest BCUT2D eigenvalue weighted by molar-refractivity contribution is -0.0498. The van der Waals surface area contributed by atoms with Crippen LogP contribution in [0.3, 0.4) is 0 Å². The SMILES string of the molecule is C/C(=N/Nc1ncc(Cl)cc1Cl)c1ccc(OC(F)F)cc1. The maximum absolute atomic E-state index is 12.1. The fourth-order valence-corrected chi connectivity index (χ4v) is 2.00. The van der Waals surface area contributed by atoms with Crippen LogP contribution in [0.25, 0.3) is 0 Å². The minimum absolute atomic E-state index is 0.0851. The first-order valence-electron chi connectivity index (χ1n) is 6.12. The Morgan fingerprint density at radius 3 is 2.55 bits per heavy atom. The van der Waals surface area contributed by atoms with E-state index >= 15 is 0 Å². The van der Waals surface area contributed by atoms with E-state index in [4.69, 9.17) is 23.2 Å². The second-order valence-corrected chi connectivity index (χ2v) is 5.04. The number of hydrazone groups is 1. The van der Waals surface area contributed by atoms with Gasteiger partial charge in [0, 0.05) is 6.20 Å².